The van der Waals surface area contributed by atoms with Crippen molar-refractivity contribution in [3.8, 4) is 56.2 Å². The summed E-state index contributed by atoms with van der Waals surface area (Å²) in [5, 5.41) is 0.993. The number of rotatable bonds is 4. The van der Waals surface area contributed by atoms with Crippen LogP contribution >= 0.6 is 0 Å². The lowest BCUT2D eigenvalue weighted by molar-refractivity contribution is 0.625. The highest BCUT2D eigenvalue weighted by Crippen LogP contribution is 2.40. The van der Waals surface area contributed by atoms with E-state index in [2.05, 4.69) is 95.6 Å². The molecule has 4 heteroatoms. The molecule has 0 amide bonds. The zero-order valence-corrected chi connectivity index (χ0v) is 22.1. The van der Waals surface area contributed by atoms with Gasteiger partial charge in [0.25, 0.3) is 0 Å². The van der Waals surface area contributed by atoms with Crippen molar-refractivity contribution in [1.29, 1.82) is 0 Å². The summed E-state index contributed by atoms with van der Waals surface area (Å²) in [5.74, 6) is 0.453. The lowest BCUT2D eigenvalue weighted by Gasteiger charge is -2.10. The average molecular weight is 530 g/mol. The van der Waals surface area contributed by atoms with Crippen molar-refractivity contribution in [3.63, 3.8) is 0 Å². The lowest BCUT2D eigenvalue weighted by Crippen LogP contribution is -2.00. The van der Waals surface area contributed by atoms with Crippen LogP contribution < -0.4 is 0 Å². The van der Waals surface area contributed by atoms with E-state index < -0.39 is 0 Å². The first kappa shape index (κ1) is 23.5. The highest BCUT2D eigenvalue weighted by atomic mass is 19.1. The number of hydrogen-bond acceptors (Lipinski definition) is 2. The molecule has 0 N–H and O–H groups in total. The Labute approximate surface area is 237 Å². The smallest absolute Gasteiger partial charge is 0.162 e. The Hall–Kier alpha value is -5.35. The molecular formula is C37H24FN3. The van der Waals surface area contributed by atoms with Crippen molar-refractivity contribution in [1.82, 2.24) is 14.5 Å². The number of halogens is 1. The van der Waals surface area contributed by atoms with Crippen molar-refractivity contribution in [2.45, 2.75) is 6.54 Å². The van der Waals surface area contributed by atoms with Crippen LogP contribution in [0, 0.1) is 5.82 Å². The van der Waals surface area contributed by atoms with Gasteiger partial charge in [-0.25, -0.2) is 14.4 Å². The Morgan fingerprint density at radius 1 is 0.537 bits per heavy atom. The maximum atomic E-state index is 14.1. The summed E-state index contributed by atoms with van der Waals surface area (Å²) in [5.41, 5.74) is 11.4. The molecule has 5 aromatic carbocycles. The van der Waals surface area contributed by atoms with Gasteiger partial charge >= 0.3 is 0 Å². The molecule has 0 radical (unpaired) electrons. The minimum Gasteiger partial charge on any atom is -0.321 e. The number of hydrogen-bond donors (Lipinski definition) is 0. The van der Waals surface area contributed by atoms with E-state index in [1.165, 1.54) is 17.2 Å². The number of aromatic nitrogens is 3. The van der Waals surface area contributed by atoms with Gasteiger partial charge in [-0.1, -0.05) is 109 Å². The molecule has 194 valence electrons. The third kappa shape index (κ3) is 4.04. The number of nitrogens with zero attached hydrogens (tertiary/aromatic N) is 3. The predicted molar refractivity (Wildman–Crippen MR) is 164 cm³/mol. The first-order valence-electron chi connectivity index (χ1n) is 13.7. The largest absolute Gasteiger partial charge is 0.321 e. The Kier molecular flexibility index (Phi) is 5.39. The molecule has 1 aliphatic rings. The van der Waals surface area contributed by atoms with Crippen molar-refractivity contribution in [2.75, 3.05) is 0 Å². The van der Waals surface area contributed by atoms with E-state index in [9.17, 15) is 4.39 Å². The SMILES string of the molecule is Fc1ccc2c(c1)Cn1c-2cc2c(-c3ccc(-c4ccccc4)cc3)nc(-c3ccc(-c4ccccc4)cc3)nc21. The summed E-state index contributed by atoms with van der Waals surface area (Å²) in [7, 11) is 0. The molecule has 0 bridgehead atoms. The lowest BCUT2D eigenvalue weighted by atomic mass is 10.0. The van der Waals surface area contributed by atoms with E-state index in [4.69, 9.17) is 9.97 Å². The second kappa shape index (κ2) is 9.39. The summed E-state index contributed by atoms with van der Waals surface area (Å²) in [6.45, 7) is 0.585. The maximum Gasteiger partial charge on any atom is 0.162 e. The van der Waals surface area contributed by atoms with Crippen molar-refractivity contribution < 1.29 is 4.39 Å². The van der Waals surface area contributed by atoms with Crippen molar-refractivity contribution in [2.24, 2.45) is 0 Å². The minimum absolute atomic E-state index is 0.216. The fourth-order valence-corrected chi connectivity index (χ4v) is 5.86. The van der Waals surface area contributed by atoms with Gasteiger partial charge in [0.2, 0.25) is 0 Å². The van der Waals surface area contributed by atoms with Gasteiger partial charge in [0.1, 0.15) is 11.5 Å². The molecule has 0 spiro atoms. The number of fused-ring (bicyclic) bond motifs is 5. The molecule has 2 aromatic heterocycles. The summed E-state index contributed by atoms with van der Waals surface area (Å²) < 4.78 is 16.2. The zero-order valence-electron chi connectivity index (χ0n) is 22.1. The standard InChI is InChI=1S/C37H24FN3/c38-31-19-20-32-30(21-31)23-41-34(32)22-33-35(28-15-11-26(12-16-28)24-7-3-1-4-8-24)39-36(40-37(33)41)29-17-13-27(14-18-29)25-9-5-2-6-10-25/h1-22H,23H2. The molecule has 0 unspecified atom stereocenters. The summed E-state index contributed by atoms with van der Waals surface area (Å²) >= 11 is 0. The highest BCUT2D eigenvalue weighted by Gasteiger charge is 2.25. The van der Waals surface area contributed by atoms with Crippen LogP contribution in [0.4, 0.5) is 4.39 Å². The van der Waals surface area contributed by atoms with E-state index in [1.807, 2.05) is 30.3 Å². The quantitative estimate of drug-likeness (QED) is 0.227. The van der Waals surface area contributed by atoms with Crippen LogP contribution in [0.3, 0.4) is 0 Å². The molecule has 0 atom stereocenters. The monoisotopic (exact) mass is 529 g/mol. The second-order valence-corrected chi connectivity index (χ2v) is 10.4. The fraction of sp³-hybridized carbons (Fsp3) is 0.0270. The Morgan fingerprint density at radius 2 is 1.10 bits per heavy atom. The molecule has 41 heavy (non-hydrogen) atoms. The Bertz CT molecular complexity index is 2040. The Morgan fingerprint density at radius 3 is 1.73 bits per heavy atom. The third-order valence-corrected chi connectivity index (χ3v) is 7.94. The van der Waals surface area contributed by atoms with Crippen LogP contribution in [0.2, 0.25) is 0 Å². The molecule has 0 aliphatic carbocycles. The molecule has 1 aliphatic heterocycles. The molecule has 0 saturated carbocycles. The molecule has 0 fully saturated rings. The fourth-order valence-electron chi connectivity index (χ4n) is 5.86. The van der Waals surface area contributed by atoms with Crippen molar-refractivity contribution in [3.05, 3.63) is 145 Å². The number of benzene rings is 5. The van der Waals surface area contributed by atoms with Gasteiger partial charge in [0.15, 0.2) is 5.82 Å². The Balaban J connectivity index is 1.28. The van der Waals surface area contributed by atoms with E-state index in [1.54, 1.807) is 6.07 Å². The van der Waals surface area contributed by atoms with Crippen LogP contribution in [0.15, 0.2) is 133 Å². The van der Waals surface area contributed by atoms with E-state index in [-0.39, 0.29) is 5.82 Å². The summed E-state index contributed by atoms with van der Waals surface area (Å²) in [6, 6.07) is 44.9. The average Bonchev–Trinajstić information content (AvgIpc) is 3.57. The predicted octanol–water partition coefficient (Wildman–Crippen LogP) is 9.27. The highest BCUT2D eigenvalue weighted by molar-refractivity contribution is 5.97. The normalized spacial score (nSPS) is 11.9. The molecule has 0 saturated heterocycles. The van der Waals surface area contributed by atoms with Gasteiger partial charge in [-0.2, -0.15) is 0 Å². The zero-order chi connectivity index (χ0) is 27.3. The van der Waals surface area contributed by atoms with Gasteiger partial charge < -0.3 is 4.57 Å². The van der Waals surface area contributed by atoms with Crippen LogP contribution in [0.1, 0.15) is 5.56 Å². The molecule has 3 nitrogen and oxygen atoms in total. The van der Waals surface area contributed by atoms with Crippen LogP contribution in [-0.4, -0.2) is 14.5 Å². The van der Waals surface area contributed by atoms with Crippen LogP contribution in [0.25, 0.3) is 67.2 Å². The minimum atomic E-state index is -0.216. The summed E-state index contributed by atoms with van der Waals surface area (Å²) in [6.07, 6.45) is 0. The molecular weight excluding hydrogens is 505 g/mol. The van der Waals surface area contributed by atoms with Crippen LogP contribution in [-0.2, 0) is 6.54 Å². The molecule has 8 rings (SSSR count). The first-order chi connectivity index (χ1) is 20.2. The van der Waals surface area contributed by atoms with Gasteiger partial charge in [-0.3, -0.25) is 0 Å². The summed E-state index contributed by atoms with van der Waals surface area (Å²) in [4.78, 5) is 10.2. The van der Waals surface area contributed by atoms with Gasteiger partial charge in [0, 0.05) is 22.1 Å². The molecule has 3 heterocycles. The van der Waals surface area contributed by atoms with Gasteiger partial charge in [0.05, 0.1) is 17.9 Å². The van der Waals surface area contributed by atoms with Gasteiger partial charge in [-0.15, -0.1) is 0 Å². The van der Waals surface area contributed by atoms with E-state index >= 15 is 0 Å². The second-order valence-electron chi connectivity index (χ2n) is 10.4. The molecule has 7 aromatic rings. The topological polar surface area (TPSA) is 30.7 Å². The van der Waals surface area contributed by atoms with Crippen molar-refractivity contribution >= 4 is 11.0 Å². The maximum absolute atomic E-state index is 14.1. The van der Waals surface area contributed by atoms with E-state index in [0.717, 1.165) is 55.8 Å². The van der Waals surface area contributed by atoms with E-state index in [0.29, 0.717) is 12.4 Å². The third-order valence-electron chi connectivity index (χ3n) is 7.94. The van der Waals surface area contributed by atoms with Crippen LogP contribution in [0.5, 0.6) is 0 Å². The van der Waals surface area contributed by atoms with Gasteiger partial charge in [-0.05, 0) is 52.1 Å². The first-order valence-corrected chi connectivity index (χ1v) is 13.7.